The summed E-state index contributed by atoms with van der Waals surface area (Å²) >= 11 is 5.71. The van der Waals surface area contributed by atoms with Crippen molar-refractivity contribution in [3.8, 4) is 11.6 Å². The van der Waals surface area contributed by atoms with Crippen molar-refractivity contribution in [2.45, 2.75) is 25.4 Å². The highest BCUT2D eigenvalue weighted by Gasteiger charge is 2.20. The second-order valence-electron chi connectivity index (χ2n) is 3.93. The van der Waals surface area contributed by atoms with E-state index in [9.17, 15) is 0 Å². The van der Waals surface area contributed by atoms with Crippen LogP contribution in [0.2, 0.25) is 5.22 Å². The Kier molecular flexibility index (Phi) is 2.22. The van der Waals surface area contributed by atoms with Crippen molar-refractivity contribution in [2.75, 3.05) is 0 Å². The smallest absolute Gasteiger partial charge is 0.217 e. The fourth-order valence-electron chi connectivity index (χ4n) is 1.87. The fraction of sp³-hybridized carbons (Fsp3) is 0.400. The van der Waals surface area contributed by atoms with Crippen molar-refractivity contribution >= 4 is 11.6 Å². The number of nitrogens with zero attached hydrogens (tertiary/aromatic N) is 3. The Bertz CT molecular complexity index is 519. The maximum Gasteiger partial charge on any atom is 0.217 e. The average molecular weight is 239 g/mol. The Hall–Kier alpha value is -1.33. The highest BCUT2D eigenvalue weighted by atomic mass is 35.5. The summed E-state index contributed by atoms with van der Waals surface area (Å²) in [5.41, 5.74) is 5.88. The zero-order valence-corrected chi connectivity index (χ0v) is 9.31. The highest BCUT2D eigenvalue weighted by Crippen LogP contribution is 2.23. The van der Waals surface area contributed by atoms with E-state index >= 15 is 0 Å². The largest absolute Gasteiger partial charge is 0.441 e. The molecule has 1 unspecified atom stereocenters. The van der Waals surface area contributed by atoms with Crippen LogP contribution >= 0.6 is 11.6 Å². The van der Waals surface area contributed by atoms with Crippen LogP contribution in [0.1, 0.15) is 12.2 Å². The minimum Gasteiger partial charge on any atom is -0.441 e. The van der Waals surface area contributed by atoms with Crippen LogP contribution in [0.15, 0.2) is 16.5 Å². The van der Waals surface area contributed by atoms with Gasteiger partial charge in [-0.05, 0) is 30.2 Å². The zero-order valence-electron chi connectivity index (χ0n) is 8.56. The molecule has 0 radical (unpaired) electrons. The van der Waals surface area contributed by atoms with Crippen LogP contribution in [0.25, 0.3) is 11.6 Å². The zero-order chi connectivity index (χ0) is 11.1. The number of furan rings is 1. The lowest BCUT2D eigenvalue weighted by Gasteiger charge is -2.17. The van der Waals surface area contributed by atoms with E-state index in [1.54, 1.807) is 12.1 Å². The molecule has 3 heterocycles. The number of aromatic nitrogens is 3. The first-order valence-corrected chi connectivity index (χ1v) is 5.55. The third-order valence-corrected chi connectivity index (χ3v) is 2.90. The molecule has 0 aromatic carbocycles. The molecule has 6 heteroatoms. The minimum atomic E-state index is 0.185. The van der Waals surface area contributed by atoms with Gasteiger partial charge in [0, 0.05) is 19.0 Å². The van der Waals surface area contributed by atoms with Crippen LogP contribution in [0, 0.1) is 0 Å². The van der Waals surface area contributed by atoms with Gasteiger partial charge >= 0.3 is 0 Å². The summed E-state index contributed by atoms with van der Waals surface area (Å²) < 4.78 is 7.15. The Balaban J connectivity index is 1.98. The van der Waals surface area contributed by atoms with E-state index < -0.39 is 0 Å². The van der Waals surface area contributed by atoms with E-state index in [-0.39, 0.29) is 6.04 Å². The van der Waals surface area contributed by atoms with E-state index in [0.29, 0.717) is 16.8 Å². The second kappa shape index (κ2) is 3.61. The van der Waals surface area contributed by atoms with Gasteiger partial charge in [-0.1, -0.05) is 0 Å². The van der Waals surface area contributed by atoms with Crippen LogP contribution in [-0.4, -0.2) is 20.8 Å². The van der Waals surface area contributed by atoms with Crippen LogP contribution in [0.3, 0.4) is 0 Å². The lowest BCUT2D eigenvalue weighted by atomic mass is 10.1. The van der Waals surface area contributed by atoms with Crippen molar-refractivity contribution in [3.63, 3.8) is 0 Å². The molecule has 5 nitrogen and oxygen atoms in total. The molecule has 0 spiro atoms. The molecule has 2 aromatic rings. The summed E-state index contributed by atoms with van der Waals surface area (Å²) in [7, 11) is 0. The summed E-state index contributed by atoms with van der Waals surface area (Å²) in [6.45, 7) is 0.817. The van der Waals surface area contributed by atoms with Gasteiger partial charge in [-0.3, -0.25) is 0 Å². The standard InChI is InChI=1S/C10H11ClN4O/c11-8-2-1-7(16-8)10-13-9-5-6(12)3-4-15(9)14-10/h1-2,6H,3-5,12H2. The summed E-state index contributed by atoms with van der Waals surface area (Å²) in [6, 6.07) is 3.64. The number of aryl methyl sites for hydroxylation is 1. The molecule has 2 N–H and O–H groups in total. The van der Waals surface area contributed by atoms with Gasteiger partial charge < -0.3 is 10.2 Å². The van der Waals surface area contributed by atoms with Crippen LogP contribution in [0.5, 0.6) is 0 Å². The number of hydrogen-bond acceptors (Lipinski definition) is 4. The molecule has 2 aromatic heterocycles. The van der Waals surface area contributed by atoms with Crippen molar-refractivity contribution in [1.82, 2.24) is 14.8 Å². The van der Waals surface area contributed by atoms with Crippen molar-refractivity contribution in [1.29, 1.82) is 0 Å². The fourth-order valence-corrected chi connectivity index (χ4v) is 2.01. The van der Waals surface area contributed by atoms with E-state index in [0.717, 1.165) is 25.2 Å². The molecular weight excluding hydrogens is 228 g/mol. The molecule has 0 saturated heterocycles. The first kappa shape index (κ1) is 9.86. The van der Waals surface area contributed by atoms with Crippen LogP contribution in [-0.2, 0) is 13.0 Å². The topological polar surface area (TPSA) is 69.9 Å². The third kappa shape index (κ3) is 1.62. The minimum absolute atomic E-state index is 0.185. The number of nitrogens with two attached hydrogens (primary N) is 1. The number of fused-ring (bicyclic) bond motifs is 1. The molecule has 3 rings (SSSR count). The number of halogens is 1. The van der Waals surface area contributed by atoms with E-state index in [1.807, 2.05) is 4.68 Å². The molecule has 84 valence electrons. The third-order valence-electron chi connectivity index (χ3n) is 2.70. The molecule has 0 fully saturated rings. The molecule has 0 saturated carbocycles. The lowest BCUT2D eigenvalue weighted by molar-refractivity contribution is 0.432. The van der Waals surface area contributed by atoms with Gasteiger partial charge in [-0.25, -0.2) is 9.67 Å². The average Bonchev–Trinajstić information content (AvgIpc) is 2.83. The van der Waals surface area contributed by atoms with E-state index in [4.69, 9.17) is 21.8 Å². The quantitative estimate of drug-likeness (QED) is 0.817. The molecule has 16 heavy (non-hydrogen) atoms. The van der Waals surface area contributed by atoms with Gasteiger partial charge in [0.05, 0.1) is 0 Å². The molecule has 0 amide bonds. The van der Waals surface area contributed by atoms with Crippen molar-refractivity contribution in [3.05, 3.63) is 23.2 Å². The maximum atomic E-state index is 5.88. The van der Waals surface area contributed by atoms with Crippen molar-refractivity contribution < 1.29 is 4.42 Å². The lowest BCUT2D eigenvalue weighted by Crippen LogP contribution is -2.31. The molecule has 0 aliphatic carbocycles. The summed E-state index contributed by atoms with van der Waals surface area (Å²) in [5, 5.41) is 4.71. The van der Waals surface area contributed by atoms with E-state index in [2.05, 4.69) is 10.1 Å². The normalized spacial score (nSPS) is 19.8. The summed E-state index contributed by atoms with van der Waals surface area (Å²) in [6.07, 6.45) is 1.70. The summed E-state index contributed by atoms with van der Waals surface area (Å²) in [4.78, 5) is 4.40. The maximum absolute atomic E-state index is 5.88. The number of hydrogen-bond donors (Lipinski definition) is 1. The van der Waals surface area contributed by atoms with Crippen molar-refractivity contribution in [2.24, 2.45) is 5.73 Å². The Labute approximate surface area is 97.2 Å². The molecule has 1 atom stereocenters. The first-order valence-electron chi connectivity index (χ1n) is 5.17. The molecule has 0 bridgehead atoms. The first-order chi connectivity index (χ1) is 7.72. The monoisotopic (exact) mass is 238 g/mol. The second-order valence-corrected chi connectivity index (χ2v) is 4.30. The molecule has 1 aliphatic rings. The Morgan fingerprint density at radius 1 is 1.50 bits per heavy atom. The van der Waals surface area contributed by atoms with Gasteiger partial charge in [-0.15, -0.1) is 5.10 Å². The van der Waals surface area contributed by atoms with Gasteiger partial charge in [0.25, 0.3) is 0 Å². The van der Waals surface area contributed by atoms with E-state index in [1.165, 1.54) is 0 Å². The number of rotatable bonds is 1. The SMILES string of the molecule is NC1CCn2nc(-c3ccc(Cl)o3)nc2C1. The van der Waals surface area contributed by atoms with Gasteiger partial charge in [-0.2, -0.15) is 0 Å². The van der Waals surface area contributed by atoms with Gasteiger partial charge in [0.15, 0.2) is 11.0 Å². The predicted molar refractivity (Wildman–Crippen MR) is 59.0 cm³/mol. The predicted octanol–water partition coefficient (Wildman–Crippen LogP) is 1.46. The van der Waals surface area contributed by atoms with Crippen LogP contribution < -0.4 is 5.73 Å². The molecular formula is C10H11ClN4O. The highest BCUT2D eigenvalue weighted by molar-refractivity contribution is 6.28. The summed E-state index contributed by atoms with van der Waals surface area (Å²) in [5.74, 6) is 2.10. The van der Waals surface area contributed by atoms with Gasteiger partial charge in [0.1, 0.15) is 5.82 Å². The molecule has 1 aliphatic heterocycles. The Morgan fingerprint density at radius 2 is 2.38 bits per heavy atom. The van der Waals surface area contributed by atoms with Gasteiger partial charge in [0.2, 0.25) is 5.82 Å². The Morgan fingerprint density at radius 3 is 3.12 bits per heavy atom. The van der Waals surface area contributed by atoms with Crippen LogP contribution in [0.4, 0.5) is 0 Å².